The number of carbonyl (C=O) groups is 1. The summed E-state index contributed by atoms with van der Waals surface area (Å²) in [5.41, 5.74) is 0.435. The summed E-state index contributed by atoms with van der Waals surface area (Å²) >= 11 is 0. The van der Waals surface area contributed by atoms with Crippen molar-refractivity contribution in [3.05, 3.63) is 11.5 Å². The van der Waals surface area contributed by atoms with Gasteiger partial charge in [0.2, 0.25) is 5.78 Å². The Morgan fingerprint density at radius 3 is 2.80 bits per heavy atom. The molecular formula is C12H19NO2. The van der Waals surface area contributed by atoms with Crippen molar-refractivity contribution in [2.75, 3.05) is 0 Å². The van der Waals surface area contributed by atoms with Crippen LogP contribution in [0.25, 0.3) is 0 Å². The third-order valence-electron chi connectivity index (χ3n) is 2.73. The first kappa shape index (κ1) is 12.0. The van der Waals surface area contributed by atoms with E-state index in [9.17, 15) is 9.90 Å². The Hall–Kier alpha value is -1.12. The van der Waals surface area contributed by atoms with E-state index in [-0.39, 0.29) is 17.5 Å². The van der Waals surface area contributed by atoms with Gasteiger partial charge in [-0.15, -0.1) is 0 Å². The van der Waals surface area contributed by atoms with Crippen molar-refractivity contribution in [3.8, 4) is 0 Å². The Labute approximate surface area is 90.9 Å². The molecule has 3 heteroatoms. The van der Waals surface area contributed by atoms with Gasteiger partial charge < -0.3 is 5.11 Å². The van der Waals surface area contributed by atoms with E-state index in [4.69, 9.17) is 0 Å². The maximum atomic E-state index is 11.6. The van der Waals surface area contributed by atoms with Crippen molar-refractivity contribution in [2.45, 2.75) is 46.0 Å². The Bertz CT molecular complexity index is 292. The van der Waals surface area contributed by atoms with Crippen LogP contribution < -0.4 is 0 Å². The number of aliphatic imine (C=N–C) groups is 1. The van der Waals surface area contributed by atoms with Crippen molar-refractivity contribution >= 4 is 12.0 Å². The van der Waals surface area contributed by atoms with Crippen molar-refractivity contribution in [1.29, 1.82) is 0 Å². The average Bonchev–Trinajstić information content (AvgIpc) is 2.24. The fraction of sp³-hybridized carbons (Fsp3) is 0.667. The number of aliphatic hydroxyl groups excluding tert-OH is 1. The number of carbonyl (C=O) groups excluding carboxylic acids is 1. The van der Waals surface area contributed by atoms with Crippen LogP contribution in [0, 0.1) is 5.92 Å². The smallest absolute Gasteiger partial charge is 0.207 e. The molecule has 0 saturated heterocycles. The minimum absolute atomic E-state index is 0.155. The number of Topliss-reactive ketones (excluding diaryl/α,β-unsaturated/α-hetero) is 1. The maximum Gasteiger partial charge on any atom is 0.207 e. The molecule has 1 atom stereocenters. The van der Waals surface area contributed by atoms with Crippen LogP contribution in [0.15, 0.2) is 16.4 Å². The van der Waals surface area contributed by atoms with Gasteiger partial charge in [-0.1, -0.05) is 32.6 Å². The highest BCUT2D eigenvalue weighted by molar-refractivity contribution is 6.06. The molecule has 0 saturated carbocycles. The number of ketones is 1. The summed E-state index contributed by atoms with van der Waals surface area (Å²) < 4.78 is 0. The summed E-state index contributed by atoms with van der Waals surface area (Å²) in [6.45, 7) is 3.81. The highest BCUT2D eigenvalue weighted by Crippen LogP contribution is 2.19. The summed E-state index contributed by atoms with van der Waals surface area (Å²) in [6, 6.07) is 0. The molecule has 1 aliphatic rings. The summed E-state index contributed by atoms with van der Waals surface area (Å²) in [5.74, 6) is -0.525. The molecule has 84 valence electrons. The summed E-state index contributed by atoms with van der Waals surface area (Å²) in [7, 11) is 0. The van der Waals surface area contributed by atoms with Gasteiger partial charge in [-0.3, -0.25) is 9.79 Å². The Balaban J connectivity index is 2.40. The standard InChI is InChI=1S/C12H19NO2/c1-3-4-5-6-7-10-8-13-9(2)11(14)12(10)15/h8,10,14H,3-7H2,1-2H3. The molecule has 0 fully saturated rings. The van der Waals surface area contributed by atoms with Crippen LogP contribution in [0.5, 0.6) is 0 Å². The molecule has 3 nitrogen and oxygen atoms in total. The first-order valence-electron chi connectivity index (χ1n) is 5.65. The average molecular weight is 209 g/mol. The molecule has 0 bridgehead atoms. The fourth-order valence-electron chi connectivity index (χ4n) is 1.68. The molecule has 0 radical (unpaired) electrons. The van der Waals surface area contributed by atoms with Crippen LogP contribution in [0.2, 0.25) is 0 Å². The van der Waals surface area contributed by atoms with E-state index >= 15 is 0 Å². The zero-order chi connectivity index (χ0) is 11.3. The van der Waals surface area contributed by atoms with E-state index in [0.29, 0.717) is 5.70 Å². The number of unbranched alkanes of at least 4 members (excludes halogenated alkanes) is 3. The Kier molecular flexibility index (Phi) is 4.53. The largest absolute Gasteiger partial charge is 0.503 e. The number of rotatable bonds is 5. The van der Waals surface area contributed by atoms with Gasteiger partial charge >= 0.3 is 0 Å². The van der Waals surface area contributed by atoms with Crippen molar-refractivity contribution in [2.24, 2.45) is 10.9 Å². The third kappa shape index (κ3) is 3.18. The quantitative estimate of drug-likeness (QED) is 0.707. The molecule has 1 rings (SSSR count). The molecule has 0 aromatic rings. The van der Waals surface area contributed by atoms with Gasteiger partial charge in [0.25, 0.3) is 0 Å². The fourth-order valence-corrected chi connectivity index (χ4v) is 1.68. The maximum absolute atomic E-state index is 11.6. The van der Waals surface area contributed by atoms with Gasteiger partial charge in [0.1, 0.15) is 0 Å². The molecule has 0 aliphatic carbocycles. The normalized spacial score (nSPS) is 21.2. The molecule has 1 unspecified atom stereocenters. The molecule has 0 amide bonds. The second-order valence-electron chi connectivity index (χ2n) is 4.03. The topological polar surface area (TPSA) is 49.7 Å². The molecule has 1 N–H and O–H groups in total. The molecule has 1 heterocycles. The zero-order valence-electron chi connectivity index (χ0n) is 9.49. The summed E-state index contributed by atoms with van der Waals surface area (Å²) in [5, 5.41) is 9.44. The van der Waals surface area contributed by atoms with E-state index in [1.807, 2.05) is 0 Å². The molecule has 1 aliphatic heterocycles. The van der Waals surface area contributed by atoms with Gasteiger partial charge in [0.05, 0.1) is 11.6 Å². The predicted molar refractivity (Wildman–Crippen MR) is 61.1 cm³/mol. The van der Waals surface area contributed by atoms with Crippen LogP contribution in [-0.4, -0.2) is 17.1 Å². The predicted octanol–water partition coefficient (Wildman–Crippen LogP) is 3.02. The third-order valence-corrected chi connectivity index (χ3v) is 2.73. The van der Waals surface area contributed by atoms with Crippen LogP contribution in [0.3, 0.4) is 0 Å². The summed E-state index contributed by atoms with van der Waals surface area (Å²) in [6.07, 6.45) is 7.05. The summed E-state index contributed by atoms with van der Waals surface area (Å²) in [4.78, 5) is 15.6. The van der Waals surface area contributed by atoms with Gasteiger partial charge in [-0.05, 0) is 13.3 Å². The van der Waals surface area contributed by atoms with Gasteiger partial charge in [-0.25, -0.2) is 0 Å². The van der Waals surface area contributed by atoms with Crippen molar-refractivity contribution in [3.63, 3.8) is 0 Å². The molecule has 15 heavy (non-hydrogen) atoms. The van der Waals surface area contributed by atoms with Gasteiger partial charge in [0.15, 0.2) is 5.76 Å². The van der Waals surface area contributed by atoms with Crippen LogP contribution in [-0.2, 0) is 4.79 Å². The number of hydrogen-bond acceptors (Lipinski definition) is 3. The van der Waals surface area contributed by atoms with Crippen molar-refractivity contribution in [1.82, 2.24) is 0 Å². The van der Waals surface area contributed by atoms with Crippen LogP contribution in [0.4, 0.5) is 0 Å². The monoisotopic (exact) mass is 209 g/mol. The highest BCUT2D eigenvalue weighted by Gasteiger charge is 2.24. The highest BCUT2D eigenvalue weighted by atomic mass is 16.3. The van der Waals surface area contributed by atoms with Crippen LogP contribution >= 0.6 is 0 Å². The van der Waals surface area contributed by atoms with E-state index < -0.39 is 0 Å². The molecular weight excluding hydrogens is 190 g/mol. The SMILES string of the molecule is CCCCCCC1C=NC(C)=C(O)C1=O. The van der Waals surface area contributed by atoms with E-state index in [0.717, 1.165) is 19.3 Å². The molecule has 0 spiro atoms. The second kappa shape index (κ2) is 5.69. The minimum atomic E-state index is -0.203. The van der Waals surface area contributed by atoms with E-state index in [1.54, 1.807) is 13.1 Å². The molecule has 0 aromatic heterocycles. The Morgan fingerprint density at radius 1 is 1.40 bits per heavy atom. The Morgan fingerprint density at radius 2 is 2.13 bits per heavy atom. The lowest BCUT2D eigenvalue weighted by Crippen LogP contribution is -2.22. The first-order chi connectivity index (χ1) is 7.16. The van der Waals surface area contributed by atoms with Gasteiger partial charge in [0, 0.05) is 6.21 Å². The number of aliphatic hydroxyl groups is 1. The van der Waals surface area contributed by atoms with E-state index in [1.165, 1.54) is 12.8 Å². The number of nitrogens with zero attached hydrogens (tertiary/aromatic N) is 1. The van der Waals surface area contributed by atoms with Crippen LogP contribution in [0.1, 0.15) is 46.0 Å². The lowest BCUT2D eigenvalue weighted by atomic mass is 9.94. The second-order valence-corrected chi connectivity index (χ2v) is 4.03. The lowest BCUT2D eigenvalue weighted by molar-refractivity contribution is -0.120. The zero-order valence-corrected chi connectivity index (χ0v) is 9.49. The van der Waals surface area contributed by atoms with Gasteiger partial charge in [-0.2, -0.15) is 0 Å². The van der Waals surface area contributed by atoms with Crippen molar-refractivity contribution < 1.29 is 9.90 Å². The van der Waals surface area contributed by atoms with E-state index in [2.05, 4.69) is 11.9 Å². The molecule has 0 aromatic carbocycles. The first-order valence-corrected chi connectivity index (χ1v) is 5.65. The lowest BCUT2D eigenvalue weighted by Gasteiger charge is -2.15. The minimum Gasteiger partial charge on any atom is -0.503 e. The number of allylic oxidation sites excluding steroid dienone is 2. The number of hydrogen-bond donors (Lipinski definition) is 1.